The first-order valence-electron chi connectivity index (χ1n) is 9.74. The maximum absolute atomic E-state index is 13.4. The molecule has 27 heavy (non-hydrogen) atoms. The highest BCUT2D eigenvalue weighted by Gasteiger charge is 2.61. The molecule has 142 valence electrons. The SMILES string of the molecule is NC(=O)C12CCC(N3CC4(c5ccc(F)cc5)C=CCN4C3=O)(CC1)CC2. The third kappa shape index (κ3) is 2.10. The summed E-state index contributed by atoms with van der Waals surface area (Å²) in [5, 5.41) is 0. The van der Waals surface area contributed by atoms with Crippen molar-refractivity contribution in [3.63, 3.8) is 0 Å². The summed E-state index contributed by atoms with van der Waals surface area (Å²) in [6, 6.07) is 6.54. The number of benzene rings is 1. The van der Waals surface area contributed by atoms with E-state index in [9.17, 15) is 14.0 Å². The van der Waals surface area contributed by atoms with E-state index in [1.807, 2.05) is 15.9 Å². The normalized spacial score (nSPS) is 37.1. The number of carbonyl (C=O) groups is 2. The van der Waals surface area contributed by atoms with Crippen LogP contribution >= 0.6 is 0 Å². The van der Waals surface area contributed by atoms with E-state index in [-0.39, 0.29) is 28.7 Å². The third-order valence-corrected chi connectivity index (χ3v) is 7.67. The van der Waals surface area contributed by atoms with Gasteiger partial charge in [0.2, 0.25) is 5.91 Å². The van der Waals surface area contributed by atoms with Crippen LogP contribution in [0.25, 0.3) is 0 Å². The number of urea groups is 1. The zero-order valence-electron chi connectivity index (χ0n) is 15.3. The van der Waals surface area contributed by atoms with Crippen molar-refractivity contribution < 1.29 is 14.0 Å². The van der Waals surface area contributed by atoms with Crippen molar-refractivity contribution in [3.8, 4) is 0 Å². The fourth-order valence-electron chi connectivity index (χ4n) is 5.84. The summed E-state index contributed by atoms with van der Waals surface area (Å²) in [4.78, 5) is 29.3. The lowest BCUT2D eigenvalue weighted by Crippen LogP contribution is -2.60. The molecule has 0 radical (unpaired) electrons. The van der Waals surface area contributed by atoms with Gasteiger partial charge in [-0.25, -0.2) is 9.18 Å². The highest BCUT2D eigenvalue weighted by atomic mass is 19.1. The monoisotopic (exact) mass is 369 g/mol. The topological polar surface area (TPSA) is 66.6 Å². The number of rotatable bonds is 3. The summed E-state index contributed by atoms with van der Waals surface area (Å²) in [5.41, 5.74) is 5.56. The van der Waals surface area contributed by atoms with Crippen LogP contribution in [0.1, 0.15) is 44.1 Å². The van der Waals surface area contributed by atoms with Gasteiger partial charge in [-0.2, -0.15) is 0 Å². The maximum Gasteiger partial charge on any atom is 0.321 e. The number of primary amides is 1. The van der Waals surface area contributed by atoms with Gasteiger partial charge in [0.05, 0.1) is 6.54 Å². The van der Waals surface area contributed by atoms with Crippen molar-refractivity contribution in [2.24, 2.45) is 11.1 Å². The molecule has 3 amide bonds. The fraction of sp³-hybridized carbons (Fsp3) is 0.524. The van der Waals surface area contributed by atoms with Gasteiger partial charge >= 0.3 is 6.03 Å². The molecule has 0 aromatic heterocycles. The molecule has 1 aromatic carbocycles. The molecule has 2 aliphatic heterocycles. The summed E-state index contributed by atoms with van der Waals surface area (Å²) in [5.74, 6) is -0.458. The van der Waals surface area contributed by atoms with Crippen LogP contribution in [0.3, 0.4) is 0 Å². The second-order valence-electron chi connectivity index (χ2n) is 8.68. The van der Waals surface area contributed by atoms with Crippen LogP contribution in [-0.4, -0.2) is 40.4 Å². The lowest BCUT2D eigenvalue weighted by molar-refractivity contribution is -0.137. The van der Waals surface area contributed by atoms with Crippen molar-refractivity contribution in [1.82, 2.24) is 9.80 Å². The van der Waals surface area contributed by atoms with E-state index < -0.39 is 5.54 Å². The molecule has 2 heterocycles. The van der Waals surface area contributed by atoms with Gasteiger partial charge in [0.25, 0.3) is 0 Å². The van der Waals surface area contributed by atoms with Gasteiger partial charge in [-0.3, -0.25) is 4.79 Å². The Morgan fingerprint density at radius 1 is 1.00 bits per heavy atom. The number of hydrogen-bond acceptors (Lipinski definition) is 2. The molecule has 1 aromatic rings. The number of fused-ring (bicyclic) bond motifs is 4. The molecule has 3 aliphatic carbocycles. The Balaban J connectivity index is 1.48. The summed E-state index contributed by atoms with van der Waals surface area (Å²) < 4.78 is 13.4. The minimum atomic E-state index is -0.519. The second kappa shape index (κ2) is 5.33. The van der Waals surface area contributed by atoms with Crippen LogP contribution in [0, 0.1) is 11.2 Å². The number of nitrogens with two attached hydrogens (primary N) is 1. The minimum Gasteiger partial charge on any atom is -0.369 e. The Morgan fingerprint density at radius 2 is 1.63 bits per heavy atom. The molecule has 1 atom stereocenters. The van der Waals surface area contributed by atoms with Crippen LogP contribution < -0.4 is 5.73 Å². The lowest BCUT2D eigenvalue weighted by atomic mass is 9.56. The quantitative estimate of drug-likeness (QED) is 0.833. The first-order valence-corrected chi connectivity index (χ1v) is 9.74. The van der Waals surface area contributed by atoms with Crippen LogP contribution in [0.4, 0.5) is 9.18 Å². The molecule has 5 aliphatic rings. The van der Waals surface area contributed by atoms with Gasteiger partial charge < -0.3 is 15.5 Å². The van der Waals surface area contributed by atoms with Gasteiger partial charge in [-0.1, -0.05) is 24.3 Å². The number of nitrogens with zero attached hydrogens (tertiary/aromatic N) is 2. The zero-order chi connectivity index (χ0) is 18.9. The Kier molecular flexibility index (Phi) is 3.31. The van der Waals surface area contributed by atoms with Gasteiger partial charge in [-0.15, -0.1) is 0 Å². The Morgan fingerprint density at radius 3 is 2.22 bits per heavy atom. The molecule has 6 heteroatoms. The van der Waals surface area contributed by atoms with E-state index in [0.29, 0.717) is 13.1 Å². The van der Waals surface area contributed by atoms with Crippen molar-refractivity contribution in [1.29, 1.82) is 0 Å². The van der Waals surface area contributed by atoms with E-state index in [4.69, 9.17) is 5.73 Å². The van der Waals surface area contributed by atoms with Crippen LogP contribution in [0.2, 0.25) is 0 Å². The van der Waals surface area contributed by atoms with E-state index in [0.717, 1.165) is 44.1 Å². The second-order valence-corrected chi connectivity index (χ2v) is 8.68. The first-order chi connectivity index (χ1) is 12.9. The standard InChI is InChI=1S/C21H24FN3O2/c22-16-4-2-15(3-5-16)21-6-1-13-24(21)18(27)25(14-21)20-10-7-19(8-11-20,9-12-20)17(23)26/h1-6H,7-14H2,(H2,23,26). The van der Waals surface area contributed by atoms with Gasteiger partial charge in [-0.05, 0) is 56.2 Å². The van der Waals surface area contributed by atoms with E-state index in [1.165, 1.54) is 12.1 Å². The van der Waals surface area contributed by atoms with Crippen molar-refractivity contribution in [2.45, 2.75) is 49.6 Å². The zero-order valence-corrected chi connectivity index (χ0v) is 15.3. The molecule has 2 N–H and O–H groups in total. The minimum absolute atomic E-state index is 0.0535. The van der Waals surface area contributed by atoms with Gasteiger partial charge in [0.15, 0.2) is 0 Å². The van der Waals surface area contributed by atoms with Crippen LogP contribution in [-0.2, 0) is 10.3 Å². The Bertz CT molecular complexity index is 825. The van der Waals surface area contributed by atoms with Crippen molar-refractivity contribution in [3.05, 3.63) is 47.8 Å². The molecule has 4 fully saturated rings. The first kappa shape index (κ1) is 16.8. The highest BCUT2D eigenvalue weighted by Crippen LogP contribution is 2.57. The molecular formula is C21H24FN3O2. The summed E-state index contributed by atoms with van der Waals surface area (Å²) in [7, 11) is 0. The number of amides is 3. The predicted molar refractivity (Wildman–Crippen MR) is 98.1 cm³/mol. The number of hydrogen-bond donors (Lipinski definition) is 1. The van der Waals surface area contributed by atoms with Crippen molar-refractivity contribution in [2.75, 3.05) is 13.1 Å². The largest absolute Gasteiger partial charge is 0.369 e. The lowest BCUT2D eigenvalue weighted by Gasteiger charge is -2.55. The molecular weight excluding hydrogens is 345 g/mol. The van der Waals surface area contributed by atoms with Gasteiger partial charge in [0.1, 0.15) is 11.4 Å². The maximum atomic E-state index is 13.4. The van der Waals surface area contributed by atoms with Crippen LogP contribution in [0.5, 0.6) is 0 Å². The Labute approximate surface area is 158 Å². The smallest absolute Gasteiger partial charge is 0.321 e. The molecule has 0 spiro atoms. The number of halogens is 1. The van der Waals surface area contributed by atoms with E-state index >= 15 is 0 Å². The van der Waals surface area contributed by atoms with Gasteiger partial charge in [0, 0.05) is 17.5 Å². The molecule has 1 unspecified atom stereocenters. The summed E-state index contributed by atoms with van der Waals surface area (Å²) in [6.07, 6.45) is 8.92. The number of carbonyl (C=O) groups excluding carboxylic acids is 2. The summed E-state index contributed by atoms with van der Waals surface area (Å²) >= 11 is 0. The molecule has 6 rings (SSSR count). The molecule has 3 saturated carbocycles. The van der Waals surface area contributed by atoms with Crippen LogP contribution in [0.15, 0.2) is 36.4 Å². The molecule has 2 bridgehead atoms. The summed E-state index contributed by atoms with van der Waals surface area (Å²) in [6.45, 7) is 1.16. The molecule has 1 saturated heterocycles. The molecule has 5 nitrogen and oxygen atoms in total. The van der Waals surface area contributed by atoms with E-state index in [2.05, 4.69) is 6.08 Å². The Hall–Kier alpha value is -2.37. The third-order valence-electron chi connectivity index (χ3n) is 7.67. The predicted octanol–water partition coefficient (Wildman–Crippen LogP) is 2.91. The van der Waals surface area contributed by atoms with E-state index in [1.54, 1.807) is 12.1 Å². The fourth-order valence-corrected chi connectivity index (χ4v) is 5.84. The highest BCUT2D eigenvalue weighted by molar-refractivity contribution is 5.83. The average Bonchev–Trinajstić information content (AvgIpc) is 3.23. The average molecular weight is 369 g/mol. The van der Waals surface area contributed by atoms with Crippen molar-refractivity contribution >= 4 is 11.9 Å².